The van der Waals surface area contributed by atoms with E-state index in [4.69, 9.17) is 10.5 Å². The van der Waals surface area contributed by atoms with Gasteiger partial charge in [0.1, 0.15) is 5.82 Å². The van der Waals surface area contributed by atoms with Gasteiger partial charge in [-0.15, -0.1) is 0 Å². The molecule has 1 unspecified atom stereocenters. The van der Waals surface area contributed by atoms with Crippen molar-refractivity contribution in [2.75, 3.05) is 23.3 Å². The summed E-state index contributed by atoms with van der Waals surface area (Å²) >= 11 is 2.04. The zero-order valence-corrected chi connectivity index (χ0v) is 12.7. The molecule has 0 aliphatic carbocycles. The van der Waals surface area contributed by atoms with Crippen LogP contribution >= 0.6 is 11.8 Å². The normalized spacial score (nSPS) is 22.7. The fraction of sp³-hybridized carbons (Fsp3) is 0.643. The van der Waals surface area contributed by atoms with E-state index in [0.29, 0.717) is 16.3 Å². The molecule has 1 fully saturated rings. The molecule has 1 atom stereocenters. The number of rotatable bonds is 5. The molecule has 3 N–H and O–H groups in total. The molecular weight excluding hydrogens is 258 g/mol. The molecular formula is C14H23N3OS. The fourth-order valence-corrected chi connectivity index (χ4v) is 3.37. The topological polar surface area (TPSA) is 60.2 Å². The highest BCUT2D eigenvalue weighted by molar-refractivity contribution is 8.00. The molecule has 5 heteroatoms. The number of hydrogen-bond donors (Lipinski definition) is 2. The van der Waals surface area contributed by atoms with Gasteiger partial charge in [0.25, 0.3) is 0 Å². The molecule has 0 saturated carbocycles. The number of nitrogens with one attached hydrogen (secondary N) is 1. The molecule has 0 radical (unpaired) electrons. The van der Waals surface area contributed by atoms with Crippen LogP contribution in [0.1, 0.15) is 33.6 Å². The van der Waals surface area contributed by atoms with Crippen LogP contribution in [0.15, 0.2) is 12.1 Å². The van der Waals surface area contributed by atoms with Gasteiger partial charge in [-0.2, -0.15) is 16.7 Å². The van der Waals surface area contributed by atoms with E-state index < -0.39 is 0 Å². The predicted molar refractivity (Wildman–Crippen MR) is 83.0 cm³/mol. The van der Waals surface area contributed by atoms with Crippen molar-refractivity contribution in [1.82, 2.24) is 4.98 Å². The monoisotopic (exact) mass is 281 g/mol. The Kier molecular flexibility index (Phi) is 4.45. The summed E-state index contributed by atoms with van der Waals surface area (Å²) in [6.45, 7) is 7.17. The summed E-state index contributed by atoms with van der Waals surface area (Å²) in [5.74, 6) is 2.61. The van der Waals surface area contributed by atoms with Gasteiger partial charge < -0.3 is 15.8 Å². The predicted octanol–water partition coefficient (Wildman–Crippen LogP) is 3.15. The maximum atomic E-state index is 5.86. The summed E-state index contributed by atoms with van der Waals surface area (Å²) in [7, 11) is 0. The van der Waals surface area contributed by atoms with Gasteiger partial charge in [-0.1, -0.05) is 0 Å². The summed E-state index contributed by atoms with van der Waals surface area (Å²) in [5.41, 5.74) is 6.45. The molecule has 0 amide bonds. The lowest BCUT2D eigenvalue weighted by Crippen LogP contribution is -2.27. The molecule has 1 aliphatic heterocycles. The van der Waals surface area contributed by atoms with Crippen molar-refractivity contribution in [1.29, 1.82) is 0 Å². The third kappa shape index (κ3) is 3.93. The zero-order chi connectivity index (χ0) is 13.9. The quantitative estimate of drug-likeness (QED) is 0.868. The summed E-state index contributed by atoms with van der Waals surface area (Å²) in [6.07, 6.45) is 2.64. The van der Waals surface area contributed by atoms with E-state index in [1.165, 1.54) is 18.6 Å². The highest BCUT2D eigenvalue weighted by atomic mass is 32.2. The summed E-state index contributed by atoms with van der Waals surface area (Å²) in [6, 6.07) is 3.75. The van der Waals surface area contributed by atoms with Crippen LogP contribution in [0.25, 0.3) is 0 Å². The molecule has 1 saturated heterocycles. The van der Waals surface area contributed by atoms with Gasteiger partial charge in [-0.05, 0) is 51.5 Å². The number of nitrogens with two attached hydrogens (primary N) is 1. The van der Waals surface area contributed by atoms with E-state index in [1.54, 1.807) is 0 Å². The van der Waals surface area contributed by atoms with Crippen LogP contribution in [-0.2, 0) is 0 Å². The number of aromatic nitrogens is 1. The van der Waals surface area contributed by atoms with Crippen molar-refractivity contribution >= 4 is 23.3 Å². The Morgan fingerprint density at radius 1 is 1.53 bits per heavy atom. The summed E-state index contributed by atoms with van der Waals surface area (Å²) < 4.78 is 5.92. The van der Waals surface area contributed by atoms with Crippen molar-refractivity contribution in [3.05, 3.63) is 12.1 Å². The fourth-order valence-electron chi connectivity index (χ4n) is 2.12. The van der Waals surface area contributed by atoms with E-state index in [2.05, 4.69) is 17.2 Å². The molecule has 0 aromatic carbocycles. The van der Waals surface area contributed by atoms with Crippen LogP contribution in [0, 0.1) is 0 Å². The van der Waals surface area contributed by atoms with Gasteiger partial charge in [0, 0.05) is 11.3 Å². The lowest BCUT2D eigenvalue weighted by atomic mass is 10.1. The Bertz CT molecular complexity index is 431. The van der Waals surface area contributed by atoms with E-state index >= 15 is 0 Å². The van der Waals surface area contributed by atoms with Crippen LogP contribution in [0.5, 0.6) is 5.88 Å². The second-order valence-electron chi connectivity index (χ2n) is 5.51. The second kappa shape index (κ2) is 5.90. The third-order valence-electron chi connectivity index (χ3n) is 3.18. The minimum Gasteiger partial charge on any atom is -0.473 e. The highest BCUT2D eigenvalue weighted by Gasteiger charge is 2.29. The van der Waals surface area contributed by atoms with Crippen molar-refractivity contribution in [2.24, 2.45) is 0 Å². The van der Waals surface area contributed by atoms with Gasteiger partial charge in [0.2, 0.25) is 5.88 Å². The van der Waals surface area contributed by atoms with Gasteiger partial charge in [-0.25, -0.2) is 0 Å². The third-order valence-corrected chi connectivity index (χ3v) is 4.72. The minimum atomic E-state index is 0.0768. The van der Waals surface area contributed by atoms with Gasteiger partial charge in [0.15, 0.2) is 0 Å². The maximum Gasteiger partial charge on any atom is 0.239 e. The molecule has 2 rings (SSSR count). The Labute approximate surface area is 119 Å². The number of anilines is 2. The Morgan fingerprint density at radius 2 is 2.32 bits per heavy atom. The van der Waals surface area contributed by atoms with Gasteiger partial charge in [0.05, 0.1) is 11.8 Å². The SMILES string of the molecule is CC(C)Oc1nc(NCC2(C)CCCS2)ccc1N. The van der Waals surface area contributed by atoms with Gasteiger partial charge >= 0.3 is 0 Å². The smallest absolute Gasteiger partial charge is 0.239 e. The van der Waals surface area contributed by atoms with Crippen LogP contribution in [-0.4, -0.2) is 28.1 Å². The number of pyridine rings is 1. The van der Waals surface area contributed by atoms with E-state index in [9.17, 15) is 0 Å². The van der Waals surface area contributed by atoms with E-state index in [1.807, 2.05) is 37.7 Å². The standard InChI is InChI=1S/C14H23N3OS/c1-10(2)18-13-11(15)5-6-12(17-13)16-9-14(3)7-4-8-19-14/h5-6,10H,4,7-9,15H2,1-3H3,(H,16,17). The second-order valence-corrected chi connectivity index (χ2v) is 7.20. The highest BCUT2D eigenvalue weighted by Crippen LogP contribution is 2.37. The number of thioether (sulfide) groups is 1. The Balaban J connectivity index is 2.00. The maximum absolute atomic E-state index is 5.86. The van der Waals surface area contributed by atoms with Crippen molar-refractivity contribution < 1.29 is 4.74 Å². The van der Waals surface area contributed by atoms with Crippen LogP contribution in [0.2, 0.25) is 0 Å². The lowest BCUT2D eigenvalue weighted by Gasteiger charge is -2.23. The molecule has 1 aliphatic rings. The molecule has 4 nitrogen and oxygen atoms in total. The molecule has 0 bridgehead atoms. The first-order valence-electron chi connectivity index (χ1n) is 6.79. The van der Waals surface area contributed by atoms with Crippen molar-refractivity contribution in [3.8, 4) is 5.88 Å². The van der Waals surface area contributed by atoms with Crippen molar-refractivity contribution in [3.63, 3.8) is 0 Å². The van der Waals surface area contributed by atoms with Gasteiger partial charge in [-0.3, -0.25) is 0 Å². The van der Waals surface area contributed by atoms with Crippen molar-refractivity contribution in [2.45, 2.75) is 44.5 Å². The minimum absolute atomic E-state index is 0.0768. The first-order chi connectivity index (χ1) is 8.98. The summed E-state index contributed by atoms with van der Waals surface area (Å²) in [4.78, 5) is 4.44. The van der Waals surface area contributed by atoms with Crippen LogP contribution in [0.4, 0.5) is 11.5 Å². The first kappa shape index (κ1) is 14.3. The lowest BCUT2D eigenvalue weighted by molar-refractivity contribution is 0.234. The number of nitrogen functional groups attached to an aromatic ring is 1. The van der Waals surface area contributed by atoms with E-state index in [-0.39, 0.29) is 6.10 Å². The molecule has 1 aromatic heterocycles. The first-order valence-corrected chi connectivity index (χ1v) is 7.78. The number of nitrogens with zero attached hydrogens (tertiary/aromatic N) is 1. The Morgan fingerprint density at radius 3 is 2.95 bits per heavy atom. The summed E-state index contributed by atoms with van der Waals surface area (Å²) in [5, 5.41) is 3.40. The Hall–Kier alpha value is -1.10. The zero-order valence-electron chi connectivity index (χ0n) is 11.9. The number of hydrogen-bond acceptors (Lipinski definition) is 5. The average molecular weight is 281 g/mol. The molecule has 19 heavy (non-hydrogen) atoms. The molecule has 1 aromatic rings. The molecule has 0 spiro atoms. The van der Waals surface area contributed by atoms with E-state index in [0.717, 1.165) is 12.4 Å². The van der Waals surface area contributed by atoms with Crippen LogP contribution < -0.4 is 15.8 Å². The largest absolute Gasteiger partial charge is 0.473 e. The van der Waals surface area contributed by atoms with Crippen LogP contribution in [0.3, 0.4) is 0 Å². The number of ether oxygens (including phenoxy) is 1. The molecule has 2 heterocycles. The molecule has 106 valence electrons. The average Bonchev–Trinajstić information content (AvgIpc) is 2.77.